The zero-order valence-corrected chi connectivity index (χ0v) is 12.7. The molecule has 2 saturated carbocycles. The lowest BCUT2D eigenvalue weighted by Gasteiger charge is -2.28. The molecule has 0 saturated heterocycles. The third-order valence-corrected chi connectivity index (χ3v) is 7.18. The predicted molar refractivity (Wildman–Crippen MR) is 81.4 cm³/mol. The molecule has 0 aliphatic heterocycles. The van der Waals surface area contributed by atoms with Gasteiger partial charge >= 0.3 is 0 Å². The highest BCUT2D eigenvalue weighted by molar-refractivity contribution is 8.03. The van der Waals surface area contributed by atoms with Crippen LogP contribution in [-0.4, -0.2) is 44.4 Å². The topological polar surface area (TPSA) is 40.5 Å². The van der Waals surface area contributed by atoms with E-state index in [1.54, 1.807) is 0 Å². The average Bonchev–Trinajstić information content (AvgIpc) is 2.38. The van der Waals surface area contributed by atoms with E-state index in [0.29, 0.717) is 10.5 Å². The van der Waals surface area contributed by atoms with E-state index < -0.39 is 0 Å². The molecule has 2 aliphatic rings. The molecule has 18 heavy (non-hydrogen) atoms. The summed E-state index contributed by atoms with van der Waals surface area (Å²) in [6.45, 7) is 0. The van der Waals surface area contributed by atoms with Gasteiger partial charge in [-0.2, -0.15) is 23.5 Å². The fourth-order valence-corrected chi connectivity index (χ4v) is 5.70. The molecule has 4 heteroatoms. The van der Waals surface area contributed by atoms with Crippen molar-refractivity contribution in [3.8, 4) is 0 Å². The largest absolute Gasteiger partial charge is 0.392 e. The SMILES string of the molecule is OC1CCCCC1SCCSC1CCCCC1O. The Bertz CT molecular complexity index is 214. The summed E-state index contributed by atoms with van der Waals surface area (Å²) in [6.07, 6.45) is 9.15. The number of thioether (sulfide) groups is 2. The molecule has 0 bridgehead atoms. The van der Waals surface area contributed by atoms with E-state index in [2.05, 4.69) is 0 Å². The number of aliphatic hydroxyl groups excluding tert-OH is 2. The van der Waals surface area contributed by atoms with Gasteiger partial charge in [0.2, 0.25) is 0 Å². The second-order valence-corrected chi connectivity index (χ2v) is 8.22. The standard InChI is InChI=1S/C14H26O2S2/c15-11-5-1-3-7-13(11)17-9-10-18-14-8-4-2-6-12(14)16/h11-16H,1-10H2. The molecule has 2 N–H and O–H groups in total. The molecule has 4 atom stereocenters. The predicted octanol–water partition coefficient (Wildman–Crippen LogP) is 3.06. The fourth-order valence-electron chi connectivity index (χ4n) is 2.94. The monoisotopic (exact) mass is 290 g/mol. The third kappa shape index (κ3) is 4.62. The Hall–Kier alpha value is 0.620. The number of hydrogen-bond donors (Lipinski definition) is 2. The van der Waals surface area contributed by atoms with Crippen LogP contribution in [0.1, 0.15) is 51.4 Å². The highest BCUT2D eigenvalue weighted by Gasteiger charge is 2.25. The average molecular weight is 290 g/mol. The Morgan fingerprint density at radius 2 is 1.06 bits per heavy atom. The summed E-state index contributed by atoms with van der Waals surface area (Å²) in [5, 5.41) is 20.7. The van der Waals surface area contributed by atoms with E-state index in [0.717, 1.165) is 24.3 Å². The minimum Gasteiger partial charge on any atom is -0.392 e. The van der Waals surface area contributed by atoms with Gasteiger partial charge in [-0.05, 0) is 25.7 Å². The van der Waals surface area contributed by atoms with E-state index >= 15 is 0 Å². The van der Waals surface area contributed by atoms with E-state index in [1.165, 1.54) is 38.5 Å². The van der Waals surface area contributed by atoms with Gasteiger partial charge in [0.15, 0.2) is 0 Å². The Morgan fingerprint density at radius 3 is 1.44 bits per heavy atom. The summed E-state index contributed by atoms with van der Waals surface area (Å²) < 4.78 is 0. The van der Waals surface area contributed by atoms with Crippen LogP contribution in [0.3, 0.4) is 0 Å². The Morgan fingerprint density at radius 1 is 0.667 bits per heavy atom. The first-order valence-electron chi connectivity index (χ1n) is 7.36. The molecule has 0 radical (unpaired) electrons. The van der Waals surface area contributed by atoms with Crippen LogP contribution in [0.2, 0.25) is 0 Å². The summed E-state index contributed by atoms with van der Waals surface area (Å²) in [5.74, 6) is 2.24. The summed E-state index contributed by atoms with van der Waals surface area (Å²) in [5.41, 5.74) is 0. The van der Waals surface area contributed by atoms with Crippen LogP contribution >= 0.6 is 23.5 Å². The fraction of sp³-hybridized carbons (Fsp3) is 1.00. The second kappa shape index (κ2) is 8.03. The van der Waals surface area contributed by atoms with Gasteiger partial charge in [0.25, 0.3) is 0 Å². The van der Waals surface area contributed by atoms with Crippen molar-refractivity contribution in [2.24, 2.45) is 0 Å². The zero-order chi connectivity index (χ0) is 12.8. The molecule has 2 rings (SSSR count). The smallest absolute Gasteiger partial charge is 0.0658 e. The molecule has 2 nitrogen and oxygen atoms in total. The van der Waals surface area contributed by atoms with Gasteiger partial charge in [-0.3, -0.25) is 0 Å². The lowest BCUT2D eigenvalue weighted by molar-refractivity contribution is 0.136. The number of aliphatic hydroxyl groups is 2. The summed E-state index contributed by atoms with van der Waals surface area (Å²) in [7, 11) is 0. The molecule has 106 valence electrons. The Kier molecular flexibility index (Phi) is 6.70. The number of rotatable bonds is 5. The zero-order valence-electron chi connectivity index (χ0n) is 11.1. The maximum Gasteiger partial charge on any atom is 0.0658 e. The quantitative estimate of drug-likeness (QED) is 0.764. The van der Waals surface area contributed by atoms with Crippen molar-refractivity contribution in [2.75, 3.05) is 11.5 Å². The van der Waals surface area contributed by atoms with Gasteiger partial charge in [-0.1, -0.05) is 25.7 Å². The Balaban J connectivity index is 1.57. The molecule has 2 fully saturated rings. The van der Waals surface area contributed by atoms with E-state index in [1.807, 2.05) is 23.5 Å². The van der Waals surface area contributed by atoms with Crippen molar-refractivity contribution in [1.82, 2.24) is 0 Å². The van der Waals surface area contributed by atoms with E-state index in [-0.39, 0.29) is 12.2 Å². The molecule has 0 aromatic carbocycles. The minimum atomic E-state index is -0.0750. The molecule has 0 heterocycles. The highest BCUT2D eigenvalue weighted by Crippen LogP contribution is 2.32. The maximum absolute atomic E-state index is 9.89. The molecule has 2 aliphatic carbocycles. The van der Waals surface area contributed by atoms with Crippen LogP contribution in [0.5, 0.6) is 0 Å². The van der Waals surface area contributed by atoms with Crippen molar-refractivity contribution < 1.29 is 10.2 Å². The minimum absolute atomic E-state index is 0.0750. The van der Waals surface area contributed by atoms with E-state index in [4.69, 9.17) is 0 Å². The van der Waals surface area contributed by atoms with Crippen molar-refractivity contribution in [3.63, 3.8) is 0 Å². The molecule has 0 spiro atoms. The van der Waals surface area contributed by atoms with Crippen LogP contribution in [-0.2, 0) is 0 Å². The summed E-state index contributed by atoms with van der Waals surface area (Å²) in [4.78, 5) is 0. The number of hydrogen-bond acceptors (Lipinski definition) is 4. The van der Waals surface area contributed by atoms with Crippen LogP contribution < -0.4 is 0 Å². The van der Waals surface area contributed by atoms with E-state index in [9.17, 15) is 10.2 Å². The van der Waals surface area contributed by atoms with Crippen molar-refractivity contribution in [1.29, 1.82) is 0 Å². The second-order valence-electron chi connectivity index (χ2n) is 5.52. The van der Waals surface area contributed by atoms with Gasteiger partial charge in [0.1, 0.15) is 0 Å². The lowest BCUT2D eigenvalue weighted by atomic mass is 9.97. The van der Waals surface area contributed by atoms with Crippen molar-refractivity contribution >= 4 is 23.5 Å². The highest BCUT2D eigenvalue weighted by atomic mass is 32.2. The molecular formula is C14H26O2S2. The normalized spacial score (nSPS) is 37.7. The molecule has 4 unspecified atom stereocenters. The first-order chi connectivity index (χ1) is 8.77. The third-order valence-electron chi connectivity index (χ3n) is 4.08. The Labute approximate surface area is 119 Å². The summed E-state index contributed by atoms with van der Waals surface area (Å²) in [6, 6.07) is 0. The van der Waals surface area contributed by atoms with Crippen molar-refractivity contribution in [3.05, 3.63) is 0 Å². The van der Waals surface area contributed by atoms with Crippen LogP contribution in [0.4, 0.5) is 0 Å². The summed E-state index contributed by atoms with van der Waals surface area (Å²) >= 11 is 3.89. The molecule has 0 amide bonds. The van der Waals surface area contributed by atoms with Crippen LogP contribution in [0.15, 0.2) is 0 Å². The molecular weight excluding hydrogens is 264 g/mol. The van der Waals surface area contributed by atoms with Gasteiger partial charge in [-0.25, -0.2) is 0 Å². The molecule has 0 aromatic rings. The maximum atomic E-state index is 9.89. The van der Waals surface area contributed by atoms with Gasteiger partial charge in [0.05, 0.1) is 12.2 Å². The van der Waals surface area contributed by atoms with Gasteiger partial charge in [-0.15, -0.1) is 0 Å². The van der Waals surface area contributed by atoms with Gasteiger partial charge in [0, 0.05) is 22.0 Å². The first-order valence-corrected chi connectivity index (χ1v) is 9.46. The van der Waals surface area contributed by atoms with Crippen LogP contribution in [0, 0.1) is 0 Å². The first kappa shape index (κ1) is 15.0. The lowest BCUT2D eigenvalue weighted by Crippen LogP contribution is -2.28. The van der Waals surface area contributed by atoms with Crippen LogP contribution in [0.25, 0.3) is 0 Å². The van der Waals surface area contributed by atoms with Crippen molar-refractivity contribution in [2.45, 2.75) is 74.1 Å². The molecule has 0 aromatic heterocycles. The van der Waals surface area contributed by atoms with Gasteiger partial charge < -0.3 is 10.2 Å².